The fourth-order valence-electron chi connectivity index (χ4n) is 4.67. The van der Waals surface area contributed by atoms with E-state index < -0.39 is 34.3 Å². The Morgan fingerprint density at radius 2 is 1.48 bits per heavy atom. The van der Waals surface area contributed by atoms with Crippen LogP contribution in [0.2, 0.25) is 0 Å². The minimum absolute atomic E-state index is 0.0469. The Morgan fingerprint density at radius 1 is 0.750 bits per heavy atom. The molecule has 40 heavy (non-hydrogen) atoms. The summed E-state index contributed by atoms with van der Waals surface area (Å²) in [6.45, 7) is 0. The van der Waals surface area contributed by atoms with E-state index in [0.29, 0.717) is 22.2 Å². The average Bonchev–Trinajstić information content (AvgIpc) is 3.37. The second kappa shape index (κ2) is 9.09. The first kappa shape index (κ1) is 23.7. The van der Waals surface area contributed by atoms with Crippen LogP contribution in [-0.2, 0) is 0 Å². The van der Waals surface area contributed by atoms with Gasteiger partial charge in [0.1, 0.15) is 22.5 Å². The molecule has 0 amide bonds. The SMILES string of the molecule is O=c1ccc2ccc(Oc3c(F)c(F)c4nc5c(cc4c3F)c(-c3ccccc3)nn5-c3ccccc3)cc2o1. The van der Waals surface area contributed by atoms with Crippen LogP contribution in [0.4, 0.5) is 13.2 Å². The number of halogens is 3. The summed E-state index contributed by atoms with van der Waals surface area (Å²) in [5.41, 5.74) is 1.15. The van der Waals surface area contributed by atoms with Crippen molar-refractivity contribution in [2.75, 3.05) is 0 Å². The van der Waals surface area contributed by atoms with Crippen molar-refractivity contribution in [3.8, 4) is 28.4 Å². The van der Waals surface area contributed by atoms with Gasteiger partial charge in [0.2, 0.25) is 11.6 Å². The molecule has 0 unspecified atom stereocenters. The lowest BCUT2D eigenvalue weighted by Crippen LogP contribution is -2.02. The molecule has 6 nitrogen and oxygen atoms in total. The summed E-state index contributed by atoms with van der Waals surface area (Å²) in [7, 11) is 0. The van der Waals surface area contributed by atoms with Crippen molar-refractivity contribution in [2.24, 2.45) is 0 Å². The molecule has 0 spiro atoms. The second-order valence-electron chi connectivity index (χ2n) is 9.04. The van der Waals surface area contributed by atoms with Crippen molar-refractivity contribution in [2.45, 2.75) is 0 Å². The Hall–Kier alpha value is -5.44. The number of hydrogen-bond donors (Lipinski definition) is 0. The predicted octanol–water partition coefficient (Wildman–Crippen LogP) is 7.56. The molecule has 0 bridgehead atoms. The summed E-state index contributed by atoms with van der Waals surface area (Å²) in [6, 6.07) is 26.8. The molecule has 0 N–H and O–H groups in total. The third-order valence-electron chi connectivity index (χ3n) is 6.56. The van der Waals surface area contributed by atoms with Gasteiger partial charge in [0.25, 0.3) is 0 Å². The molecular weight excluding hydrogens is 519 g/mol. The summed E-state index contributed by atoms with van der Waals surface area (Å²) < 4.78 is 58.7. The molecule has 0 radical (unpaired) electrons. The van der Waals surface area contributed by atoms with Gasteiger partial charge in [0.05, 0.1) is 5.69 Å². The van der Waals surface area contributed by atoms with Crippen LogP contribution >= 0.6 is 0 Å². The van der Waals surface area contributed by atoms with Crippen LogP contribution in [0.5, 0.6) is 11.5 Å². The van der Waals surface area contributed by atoms with E-state index in [2.05, 4.69) is 4.98 Å². The van der Waals surface area contributed by atoms with Gasteiger partial charge in [-0.05, 0) is 36.4 Å². The maximum atomic E-state index is 15.9. The van der Waals surface area contributed by atoms with Crippen LogP contribution in [0.3, 0.4) is 0 Å². The van der Waals surface area contributed by atoms with E-state index in [1.165, 1.54) is 28.9 Å². The van der Waals surface area contributed by atoms with Gasteiger partial charge in [-0.2, -0.15) is 9.49 Å². The summed E-state index contributed by atoms with van der Waals surface area (Å²) in [6.07, 6.45) is 0. The third-order valence-corrected chi connectivity index (χ3v) is 6.56. The van der Waals surface area contributed by atoms with E-state index in [-0.39, 0.29) is 22.4 Å². The first-order valence-corrected chi connectivity index (χ1v) is 12.2. The summed E-state index contributed by atoms with van der Waals surface area (Å²) in [4.78, 5) is 16.0. The first-order valence-electron chi connectivity index (χ1n) is 12.2. The van der Waals surface area contributed by atoms with Gasteiger partial charge < -0.3 is 9.15 Å². The zero-order valence-electron chi connectivity index (χ0n) is 20.4. The highest BCUT2D eigenvalue weighted by Crippen LogP contribution is 2.39. The van der Waals surface area contributed by atoms with E-state index in [9.17, 15) is 4.79 Å². The van der Waals surface area contributed by atoms with E-state index in [0.717, 1.165) is 5.56 Å². The van der Waals surface area contributed by atoms with E-state index in [1.54, 1.807) is 24.3 Å². The van der Waals surface area contributed by atoms with Crippen LogP contribution < -0.4 is 10.4 Å². The highest BCUT2D eigenvalue weighted by atomic mass is 19.2. The topological polar surface area (TPSA) is 70.2 Å². The number of aromatic nitrogens is 3. The van der Waals surface area contributed by atoms with Gasteiger partial charge in [0, 0.05) is 33.9 Å². The minimum Gasteiger partial charge on any atom is -0.451 e. The smallest absolute Gasteiger partial charge is 0.336 e. The Kier molecular flexibility index (Phi) is 5.38. The van der Waals surface area contributed by atoms with Crippen molar-refractivity contribution in [3.63, 3.8) is 0 Å². The van der Waals surface area contributed by atoms with Gasteiger partial charge in [-0.3, -0.25) is 0 Å². The van der Waals surface area contributed by atoms with Crippen LogP contribution in [0.1, 0.15) is 0 Å². The molecule has 7 aromatic rings. The second-order valence-corrected chi connectivity index (χ2v) is 9.04. The molecule has 194 valence electrons. The Labute approximate surface area is 223 Å². The average molecular weight is 535 g/mol. The molecule has 4 aromatic carbocycles. The number of ether oxygens (including phenoxy) is 1. The molecule has 7 rings (SSSR count). The van der Waals surface area contributed by atoms with Gasteiger partial charge >= 0.3 is 5.63 Å². The normalized spacial score (nSPS) is 11.5. The van der Waals surface area contributed by atoms with Crippen molar-refractivity contribution in [1.29, 1.82) is 0 Å². The number of para-hydroxylation sites is 1. The van der Waals surface area contributed by atoms with E-state index >= 15 is 13.2 Å². The van der Waals surface area contributed by atoms with Gasteiger partial charge in [-0.15, -0.1) is 0 Å². The molecular formula is C31H16F3N3O3. The fraction of sp³-hybridized carbons (Fsp3) is 0. The molecule has 9 heteroatoms. The largest absolute Gasteiger partial charge is 0.451 e. The number of fused-ring (bicyclic) bond motifs is 3. The lowest BCUT2D eigenvalue weighted by atomic mass is 10.1. The number of pyridine rings is 1. The van der Waals surface area contributed by atoms with Crippen LogP contribution in [0.15, 0.2) is 106 Å². The minimum atomic E-state index is -1.54. The summed E-state index contributed by atoms with van der Waals surface area (Å²) in [5.74, 6) is -5.04. The fourth-order valence-corrected chi connectivity index (χ4v) is 4.67. The third kappa shape index (κ3) is 3.79. The zero-order valence-corrected chi connectivity index (χ0v) is 20.4. The molecule has 3 aromatic heterocycles. The van der Waals surface area contributed by atoms with Crippen molar-refractivity contribution in [1.82, 2.24) is 14.8 Å². The Bertz CT molecular complexity index is 2140. The van der Waals surface area contributed by atoms with Gasteiger partial charge in [-0.1, -0.05) is 48.5 Å². The lowest BCUT2D eigenvalue weighted by Gasteiger charge is -2.12. The van der Waals surface area contributed by atoms with E-state index in [4.69, 9.17) is 14.3 Å². The molecule has 0 aliphatic carbocycles. The quantitative estimate of drug-likeness (QED) is 0.172. The molecule has 0 aliphatic rings. The monoisotopic (exact) mass is 535 g/mol. The standard InChI is InChI=1S/C31H16F3N3O3/c32-25-21-16-22-28(18-7-3-1-4-8-18)36-37(19-9-5-2-6-10-19)31(22)35-29(21)26(33)27(34)30(25)39-20-13-11-17-12-14-24(38)40-23(17)15-20/h1-16H. The zero-order chi connectivity index (χ0) is 27.4. The van der Waals surface area contributed by atoms with Crippen LogP contribution in [0, 0.1) is 17.5 Å². The Morgan fingerprint density at radius 3 is 2.25 bits per heavy atom. The molecule has 0 saturated carbocycles. The number of rotatable bonds is 4. The first-order chi connectivity index (χ1) is 19.5. The van der Waals surface area contributed by atoms with Crippen LogP contribution in [0.25, 0.3) is 49.9 Å². The lowest BCUT2D eigenvalue weighted by molar-refractivity contribution is 0.392. The molecule has 0 atom stereocenters. The maximum Gasteiger partial charge on any atom is 0.336 e. The molecule has 0 saturated heterocycles. The molecule has 3 heterocycles. The Balaban J connectivity index is 1.46. The number of nitrogens with zero attached hydrogens (tertiary/aromatic N) is 3. The number of hydrogen-bond acceptors (Lipinski definition) is 5. The number of benzene rings is 4. The molecule has 0 fully saturated rings. The van der Waals surface area contributed by atoms with Crippen molar-refractivity contribution < 1.29 is 22.3 Å². The van der Waals surface area contributed by atoms with Gasteiger partial charge in [-0.25, -0.2) is 23.2 Å². The van der Waals surface area contributed by atoms with Crippen molar-refractivity contribution in [3.05, 3.63) is 125 Å². The highest BCUT2D eigenvalue weighted by molar-refractivity contribution is 6.00. The highest BCUT2D eigenvalue weighted by Gasteiger charge is 2.26. The van der Waals surface area contributed by atoms with E-state index in [1.807, 2.05) is 48.5 Å². The summed E-state index contributed by atoms with van der Waals surface area (Å²) >= 11 is 0. The maximum absolute atomic E-state index is 15.9. The summed E-state index contributed by atoms with van der Waals surface area (Å²) in [5, 5.41) is 5.44. The predicted molar refractivity (Wildman–Crippen MR) is 144 cm³/mol. The van der Waals surface area contributed by atoms with Gasteiger partial charge in [0.15, 0.2) is 17.3 Å². The van der Waals surface area contributed by atoms with Crippen LogP contribution in [-0.4, -0.2) is 14.8 Å². The van der Waals surface area contributed by atoms with Crippen molar-refractivity contribution >= 4 is 32.9 Å². The molecule has 0 aliphatic heterocycles.